The summed E-state index contributed by atoms with van der Waals surface area (Å²) < 4.78 is 14.0. The Balaban J connectivity index is 1.01. The van der Waals surface area contributed by atoms with Crippen LogP contribution in [0.15, 0.2) is 173 Å². The van der Waals surface area contributed by atoms with Gasteiger partial charge in [0.15, 0.2) is 0 Å². The molecule has 3 aliphatic carbocycles. The summed E-state index contributed by atoms with van der Waals surface area (Å²) in [4.78, 5) is 2.54. The van der Waals surface area contributed by atoms with Gasteiger partial charge in [0.2, 0.25) is 0 Å². The van der Waals surface area contributed by atoms with Crippen molar-refractivity contribution in [1.82, 2.24) is 0 Å². The third-order valence-electron chi connectivity index (χ3n) is 17.1. The number of hydrogen-bond donors (Lipinski definition) is 0. The fraction of sp³-hybridized carbons (Fsp3) is 0.206. The van der Waals surface area contributed by atoms with E-state index in [1.807, 2.05) is 0 Å². The highest BCUT2D eigenvalue weighted by molar-refractivity contribution is 6.21. The zero-order valence-electron chi connectivity index (χ0n) is 42.4. The normalized spacial score (nSPS) is 15.5. The molecule has 0 N–H and O–H groups in total. The summed E-state index contributed by atoms with van der Waals surface area (Å²) >= 11 is 0. The fourth-order valence-electron chi connectivity index (χ4n) is 13.7. The van der Waals surface area contributed by atoms with Crippen molar-refractivity contribution in [3.05, 3.63) is 208 Å². The summed E-state index contributed by atoms with van der Waals surface area (Å²) in [6, 6.07) is 61.0. The van der Waals surface area contributed by atoms with Crippen LogP contribution in [-0.2, 0) is 21.7 Å². The van der Waals surface area contributed by atoms with Crippen molar-refractivity contribution in [3.63, 3.8) is 0 Å². The first-order valence-corrected chi connectivity index (χ1v) is 25.4. The lowest BCUT2D eigenvalue weighted by molar-refractivity contribution is 0.591. The molecule has 11 aromatic rings. The van der Waals surface area contributed by atoms with E-state index < -0.39 is 0 Å². The van der Waals surface area contributed by atoms with E-state index in [0.29, 0.717) is 0 Å². The molecule has 0 amide bonds. The molecule has 2 heterocycles. The maximum atomic E-state index is 7.08. The summed E-state index contributed by atoms with van der Waals surface area (Å²) in [6.07, 6.45) is 0. The smallest absolute Gasteiger partial charge is 0.144 e. The second-order valence-electron chi connectivity index (χ2n) is 23.2. The molecule has 3 aliphatic rings. The van der Waals surface area contributed by atoms with Crippen LogP contribution in [0.1, 0.15) is 107 Å². The summed E-state index contributed by atoms with van der Waals surface area (Å²) in [6.45, 7) is 23.8. The van der Waals surface area contributed by atoms with E-state index in [-0.39, 0.29) is 21.7 Å². The molecule has 9 aromatic carbocycles. The second-order valence-corrected chi connectivity index (χ2v) is 23.2. The van der Waals surface area contributed by atoms with Crippen molar-refractivity contribution >= 4 is 60.9 Å². The maximum absolute atomic E-state index is 7.08. The number of furan rings is 2. The molecule has 0 spiro atoms. The van der Waals surface area contributed by atoms with E-state index in [4.69, 9.17) is 8.83 Å². The predicted octanol–water partition coefficient (Wildman–Crippen LogP) is 19.1. The van der Waals surface area contributed by atoms with Crippen molar-refractivity contribution in [2.24, 2.45) is 0 Å². The minimum absolute atomic E-state index is 0.124. The highest BCUT2D eigenvalue weighted by Gasteiger charge is 2.49. The standard InChI is InChI=1S/C68H57NO2/c1-38-21-11-12-22-41(38)47-37-52-56(58-45-24-14-19-29-54(45)70-63(47)58)43-33-31-39(35-50(43)66(52,5)6)69(53-28-18-17-27-49(53)65(2,3)4)40-32-34-44-51(36-40)68(9,10)62-60(44)64-59(46-25-15-20-30-55(46)71-64)57-42-23-13-16-26-48(42)67(7,8)61(57)62/h11-37H,1-10H3. The van der Waals surface area contributed by atoms with Gasteiger partial charge in [-0.1, -0.05) is 178 Å². The van der Waals surface area contributed by atoms with Gasteiger partial charge in [-0.25, -0.2) is 0 Å². The van der Waals surface area contributed by atoms with Gasteiger partial charge in [0, 0.05) is 66.0 Å². The number of aryl methyl sites for hydroxylation is 1. The van der Waals surface area contributed by atoms with Crippen molar-refractivity contribution in [2.45, 2.75) is 90.9 Å². The van der Waals surface area contributed by atoms with E-state index in [2.05, 4.69) is 238 Å². The third-order valence-corrected chi connectivity index (χ3v) is 17.1. The van der Waals surface area contributed by atoms with Crippen molar-refractivity contribution in [3.8, 4) is 44.5 Å². The monoisotopic (exact) mass is 919 g/mol. The molecule has 0 fully saturated rings. The van der Waals surface area contributed by atoms with Gasteiger partial charge in [0.25, 0.3) is 0 Å². The lowest BCUT2D eigenvalue weighted by atomic mass is 9.72. The van der Waals surface area contributed by atoms with Crippen LogP contribution in [0, 0.1) is 6.92 Å². The van der Waals surface area contributed by atoms with Gasteiger partial charge in [-0.15, -0.1) is 0 Å². The van der Waals surface area contributed by atoms with Crippen LogP contribution in [0.2, 0.25) is 0 Å². The van der Waals surface area contributed by atoms with Crippen molar-refractivity contribution in [1.29, 1.82) is 0 Å². The van der Waals surface area contributed by atoms with Crippen LogP contribution >= 0.6 is 0 Å². The first kappa shape index (κ1) is 42.3. The van der Waals surface area contributed by atoms with E-state index in [9.17, 15) is 0 Å². The second kappa shape index (κ2) is 14.0. The van der Waals surface area contributed by atoms with E-state index in [1.54, 1.807) is 0 Å². The molecule has 0 bridgehead atoms. The molecule has 3 nitrogen and oxygen atoms in total. The molecule has 0 atom stereocenters. The number of anilines is 3. The average molecular weight is 920 g/mol. The molecule has 0 radical (unpaired) electrons. The number of rotatable bonds is 4. The van der Waals surface area contributed by atoms with Crippen LogP contribution in [0.3, 0.4) is 0 Å². The largest absolute Gasteiger partial charge is 0.455 e. The highest BCUT2D eigenvalue weighted by atomic mass is 16.3. The first-order valence-electron chi connectivity index (χ1n) is 25.4. The van der Waals surface area contributed by atoms with Crippen molar-refractivity contribution < 1.29 is 8.83 Å². The third kappa shape index (κ3) is 5.50. The van der Waals surface area contributed by atoms with Crippen LogP contribution in [0.4, 0.5) is 17.1 Å². The molecule has 0 saturated heterocycles. The maximum Gasteiger partial charge on any atom is 0.144 e. The van der Waals surface area contributed by atoms with Crippen LogP contribution in [0.25, 0.3) is 88.4 Å². The lowest BCUT2D eigenvalue weighted by Crippen LogP contribution is -2.24. The molecule has 14 rings (SSSR count). The minimum atomic E-state index is -0.346. The van der Waals surface area contributed by atoms with Gasteiger partial charge in [0.05, 0.1) is 0 Å². The predicted molar refractivity (Wildman–Crippen MR) is 297 cm³/mol. The summed E-state index contributed by atoms with van der Waals surface area (Å²) in [7, 11) is 0. The Bertz CT molecular complexity index is 4140. The lowest BCUT2D eigenvalue weighted by Gasteiger charge is -2.34. The number of fused-ring (bicyclic) bond motifs is 19. The molecule has 346 valence electrons. The van der Waals surface area contributed by atoms with E-state index in [1.165, 1.54) is 105 Å². The average Bonchev–Trinajstić information content (AvgIpc) is 4.12. The van der Waals surface area contributed by atoms with Gasteiger partial charge in [-0.05, 0) is 139 Å². The summed E-state index contributed by atoms with van der Waals surface area (Å²) in [5.41, 5.74) is 27.0. The number of benzene rings is 9. The number of hydrogen-bond acceptors (Lipinski definition) is 3. The molecule has 0 aliphatic heterocycles. The van der Waals surface area contributed by atoms with Crippen LogP contribution in [-0.4, -0.2) is 0 Å². The van der Waals surface area contributed by atoms with Gasteiger partial charge in [0.1, 0.15) is 22.3 Å². The molecule has 71 heavy (non-hydrogen) atoms. The Morgan fingerprint density at radius 1 is 0.408 bits per heavy atom. The Labute approximate surface area is 416 Å². The molecular formula is C68H57NO2. The van der Waals surface area contributed by atoms with E-state index >= 15 is 0 Å². The van der Waals surface area contributed by atoms with Gasteiger partial charge in [-0.3, -0.25) is 0 Å². The van der Waals surface area contributed by atoms with E-state index in [0.717, 1.165) is 44.7 Å². The minimum Gasteiger partial charge on any atom is -0.455 e. The van der Waals surface area contributed by atoms with Crippen LogP contribution in [0.5, 0.6) is 0 Å². The number of para-hydroxylation sites is 3. The molecule has 3 heteroatoms. The summed E-state index contributed by atoms with van der Waals surface area (Å²) in [5.74, 6) is 0. The zero-order chi connectivity index (χ0) is 48.7. The molecule has 0 saturated carbocycles. The van der Waals surface area contributed by atoms with Gasteiger partial charge < -0.3 is 13.7 Å². The number of nitrogens with zero attached hydrogens (tertiary/aromatic N) is 1. The van der Waals surface area contributed by atoms with Gasteiger partial charge in [-0.2, -0.15) is 0 Å². The van der Waals surface area contributed by atoms with Crippen molar-refractivity contribution in [2.75, 3.05) is 4.90 Å². The first-order chi connectivity index (χ1) is 34.1. The molecule has 0 unspecified atom stereocenters. The molecular weight excluding hydrogens is 863 g/mol. The Hall–Kier alpha value is -7.62. The topological polar surface area (TPSA) is 29.5 Å². The molecule has 2 aromatic heterocycles. The Morgan fingerprint density at radius 2 is 0.915 bits per heavy atom. The fourth-order valence-corrected chi connectivity index (χ4v) is 13.7. The Morgan fingerprint density at radius 3 is 1.59 bits per heavy atom. The zero-order valence-corrected chi connectivity index (χ0v) is 42.4. The van der Waals surface area contributed by atoms with Gasteiger partial charge >= 0.3 is 0 Å². The van der Waals surface area contributed by atoms with Crippen LogP contribution < -0.4 is 4.90 Å². The SMILES string of the molecule is Cc1ccccc1-c1cc2c(c3c1oc1ccccc13)-c1ccc(N(c3ccc4c(c3)C(C)(C)c3c5c(c6c(oc7ccccc76)c3-4)-c3ccccc3C5(C)C)c3ccccc3C(C)(C)C)cc1C2(C)C. The summed E-state index contributed by atoms with van der Waals surface area (Å²) in [5, 5.41) is 4.76. The highest BCUT2D eigenvalue weighted by Crippen LogP contribution is 2.64. The quantitative estimate of drug-likeness (QED) is 0.176. The Kier molecular flexibility index (Phi) is 8.36.